The molecular formula is C15H16N2O6. The van der Waals surface area contributed by atoms with Crippen molar-refractivity contribution in [3.05, 3.63) is 57.2 Å². The minimum Gasteiger partial charge on any atom is -0.466 e. The van der Waals surface area contributed by atoms with E-state index in [0.29, 0.717) is 5.56 Å². The van der Waals surface area contributed by atoms with Crippen LogP contribution >= 0.6 is 0 Å². The number of ether oxygens (including phenoxy) is 2. The number of nitro groups is 1. The molecule has 8 nitrogen and oxygen atoms in total. The van der Waals surface area contributed by atoms with Crippen LogP contribution in [0.25, 0.3) is 0 Å². The van der Waals surface area contributed by atoms with Crippen molar-refractivity contribution in [2.75, 3.05) is 21.3 Å². The molecule has 0 aliphatic heterocycles. The lowest BCUT2D eigenvalue weighted by molar-refractivity contribution is -0.529. The maximum Gasteiger partial charge on any atom is 0.341 e. The SMILES string of the molecule is CNC1(c2ccccc2)C(C(=O)OC)=C(C(=O)OC)C1[N+](=O)[O-]. The highest BCUT2D eigenvalue weighted by Crippen LogP contribution is 2.48. The summed E-state index contributed by atoms with van der Waals surface area (Å²) >= 11 is 0. The zero-order valence-electron chi connectivity index (χ0n) is 12.9. The second kappa shape index (κ2) is 6.17. The van der Waals surface area contributed by atoms with Crippen molar-refractivity contribution < 1.29 is 24.0 Å². The summed E-state index contributed by atoms with van der Waals surface area (Å²) in [6.07, 6.45) is 0. The van der Waals surface area contributed by atoms with Crippen LogP contribution in [0.15, 0.2) is 41.5 Å². The molecule has 1 aliphatic carbocycles. The van der Waals surface area contributed by atoms with Gasteiger partial charge < -0.3 is 14.8 Å². The van der Waals surface area contributed by atoms with Crippen LogP contribution in [0, 0.1) is 10.1 Å². The van der Waals surface area contributed by atoms with Crippen LogP contribution in [0.1, 0.15) is 5.56 Å². The van der Waals surface area contributed by atoms with Crippen LogP contribution < -0.4 is 5.32 Å². The minimum atomic E-state index is -1.46. The number of rotatable bonds is 5. The normalized spacial score (nSPS) is 23.0. The van der Waals surface area contributed by atoms with Crippen LogP contribution in [0.5, 0.6) is 0 Å². The fraction of sp³-hybridized carbons (Fsp3) is 0.333. The van der Waals surface area contributed by atoms with Gasteiger partial charge >= 0.3 is 11.9 Å². The quantitative estimate of drug-likeness (QED) is 0.475. The van der Waals surface area contributed by atoms with Crippen LogP contribution in [-0.4, -0.2) is 44.2 Å². The van der Waals surface area contributed by atoms with E-state index in [-0.39, 0.29) is 11.1 Å². The largest absolute Gasteiger partial charge is 0.466 e. The molecule has 8 heteroatoms. The Balaban J connectivity index is 2.77. The molecule has 2 rings (SSSR count). The highest BCUT2D eigenvalue weighted by atomic mass is 16.6. The number of hydrogen-bond donors (Lipinski definition) is 1. The van der Waals surface area contributed by atoms with Crippen LogP contribution in [0.2, 0.25) is 0 Å². The maximum absolute atomic E-state index is 12.2. The Morgan fingerprint density at radius 3 is 2.17 bits per heavy atom. The minimum absolute atomic E-state index is 0.109. The Morgan fingerprint density at radius 2 is 1.74 bits per heavy atom. The summed E-state index contributed by atoms with van der Waals surface area (Å²) in [7, 11) is 3.73. The van der Waals surface area contributed by atoms with E-state index in [4.69, 9.17) is 4.74 Å². The molecular weight excluding hydrogens is 304 g/mol. The van der Waals surface area contributed by atoms with Gasteiger partial charge in [-0.15, -0.1) is 0 Å². The summed E-state index contributed by atoms with van der Waals surface area (Å²) in [6, 6.07) is 6.95. The maximum atomic E-state index is 12.2. The molecule has 0 heterocycles. The van der Waals surface area contributed by atoms with E-state index >= 15 is 0 Å². The Bertz CT molecular complexity index is 684. The standard InChI is InChI=1S/C15H16N2O6/c1-16-15(9-7-5-4-6-8-9)11(14(19)23-3)10(13(18)22-2)12(15)17(20)21/h4-8,12,16H,1-3H3. The topological polar surface area (TPSA) is 108 Å². The van der Waals surface area contributed by atoms with Gasteiger partial charge in [0, 0.05) is 4.92 Å². The molecule has 0 aromatic heterocycles. The molecule has 0 spiro atoms. The summed E-state index contributed by atoms with van der Waals surface area (Å²) in [6.45, 7) is 0. The third-order valence-electron chi connectivity index (χ3n) is 3.98. The lowest BCUT2D eigenvalue weighted by Gasteiger charge is -2.44. The van der Waals surface area contributed by atoms with Gasteiger partial charge in [0.15, 0.2) is 0 Å². The second-order valence-electron chi connectivity index (χ2n) is 4.88. The van der Waals surface area contributed by atoms with Crippen molar-refractivity contribution in [2.24, 2.45) is 0 Å². The number of carbonyl (C=O) groups excluding carboxylic acids is 2. The average molecular weight is 320 g/mol. The van der Waals surface area contributed by atoms with E-state index in [1.54, 1.807) is 30.3 Å². The van der Waals surface area contributed by atoms with E-state index in [0.717, 1.165) is 14.2 Å². The van der Waals surface area contributed by atoms with Crippen LogP contribution in [0.4, 0.5) is 0 Å². The van der Waals surface area contributed by atoms with Crippen LogP contribution in [0.3, 0.4) is 0 Å². The molecule has 0 fully saturated rings. The summed E-state index contributed by atoms with van der Waals surface area (Å²) in [4.78, 5) is 35.1. The first-order valence-electron chi connectivity index (χ1n) is 6.74. The zero-order chi connectivity index (χ0) is 17.2. The lowest BCUT2D eigenvalue weighted by Crippen LogP contribution is -2.65. The molecule has 1 aliphatic rings. The summed E-state index contributed by atoms with van der Waals surface area (Å²) in [5, 5.41) is 14.4. The van der Waals surface area contributed by atoms with Crippen molar-refractivity contribution in [1.29, 1.82) is 0 Å². The first kappa shape index (κ1) is 16.6. The van der Waals surface area contributed by atoms with Gasteiger partial charge in [-0.3, -0.25) is 10.1 Å². The van der Waals surface area contributed by atoms with E-state index < -0.39 is 28.4 Å². The zero-order valence-corrected chi connectivity index (χ0v) is 12.9. The van der Waals surface area contributed by atoms with E-state index in [1.165, 1.54) is 7.05 Å². The van der Waals surface area contributed by atoms with Gasteiger partial charge in [-0.05, 0) is 12.6 Å². The first-order chi connectivity index (χ1) is 10.9. The van der Waals surface area contributed by atoms with Gasteiger partial charge in [0.2, 0.25) is 0 Å². The van der Waals surface area contributed by atoms with Crippen molar-refractivity contribution in [2.45, 2.75) is 11.6 Å². The molecule has 1 aromatic carbocycles. The van der Waals surface area contributed by atoms with Crippen molar-refractivity contribution >= 4 is 11.9 Å². The van der Waals surface area contributed by atoms with Gasteiger partial charge in [0.25, 0.3) is 6.04 Å². The number of carbonyl (C=O) groups is 2. The Kier molecular flexibility index (Phi) is 4.46. The molecule has 0 saturated carbocycles. The van der Waals surface area contributed by atoms with E-state index in [9.17, 15) is 19.7 Å². The van der Waals surface area contributed by atoms with E-state index in [2.05, 4.69) is 10.1 Å². The molecule has 2 unspecified atom stereocenters. The molecule has 0 radical (unpaired) electrons. The average Bonchev–Trinajstić information content (AvgIpc) is 2.54. The number of hydrogen-bond acceptors (Lipinski definition) is 7. The monoisotopic (exact) mass is 320 g/mol. The second-order valence-corrected chi connectivity index (χ2v) is 4.88. The summed E-state index contributed by atoms with van der Waals surface area (Å²) in [5.41, 5.74) is -1.39. The van der Waals surface area contributed by atoms with Gasteiger partial charge in [-0.25, -0.2) is 9.59 Å². The Hall–Kier alpha value is -2.74. The highest BCUT2D eigenvalue weighted by molar-refractivity contribution is 6.07. The number of nitrogens with one attached hydrogen (secondary N) is 1. The Labute approximate surface area is 132 Å². The fourth-order valence-electron chi connectivity index (χ4n) is 2.99. The highest BCUT2D eigenvalue weighted by Gasteiger charge is 2.67. The Morgan fingerprint density at radius 1 is 1.17 bits per heavy atom. The number of esters is 2. The van der Waals surface area contributed by atoms with Crippen molar-refractivity contribution in [3.63, 3.8) is 0 Å². The lowest BCUT2D eigenvalue weighted by atomic mass is 9.62. The van der Waals surface area contributed by atoms with Crippen molar-refractivity contribution in [1.82, 2.24) is 5.32 Å². The molecule has 2 atom stereocenters. The van der Waals surface area contributed by atoms with Crippen molar-refractivity contribution in [3.8, 4) is 0 Å². The van der Waals surface area contributed by atoms with Gasteiger partial charge in [0.1, 0.15) is 11.1 Å². The molecule has 23 heavy (non-hydrogen) atoms. The van der Waals surface area contributed by atoms with Gasteiger partial charge in [-0.2, -0.15) is 0 Å². The predicted octanol–water partition coefficient (Wildman–Crippen LogP) is 0.403. The number of methoxy groups -OCH3 is 2. The predicted molar refractivity (Wildman–Crippen MR) is 79.0 cm³/mol. The molecule has 1 aromatic rings. The third kappa shape index (κ3) is 2.27. The molecule has 122 valence electrons. The smallest absolute Gasteiger partial charge is 0.341 e. The fourth-order valence-corrected chi connectivity index (χ4v) is 2.99. The molecule has 0 bridgehead atoms. The van der Waals surface area contributed by atoms with Crippen LogP contribution in [-0.2, 0) is 24.6 Å². The van der Waals surface area contributed by atoms with Gasteiger partial charge in [0.05, 0.1) is 19.8 Å². The first-order valence-corrected chi connectivity index (χ1v) is 6.74. The number of benzene rings is 1. The number of likely N-dealkylation sites (N-methyl/N-ethyl adjacent to an activating group) is 1. The summed E-state index contributed by atoms with van der Waals surface area (Å²) < 4.78 is 9.31. The summed E-state index contributed by atoms with van der Waals surface area (Å²) in [5.74, 6) is -1.74. The molecule has 1 N–H and O–H groups in total. The van der Waals surface area contributed by atoms with Gasteiger partial charge in [-0.1, -0.05) is 30.3 Å². The number of nitrogens with zero attached hydrogens (tertiary/aromatic N) is 1. The molecule has 0 amide bonds. The molecule has 0 saturated heterocycles. The van der Waals surface area contributed by atoms with E-state index in [1.807, 2.05) is 0 Å². The third-order valence-corrected chi connectivity index (χ3v) is 3.98.